The molecule has 2 N–H and O–H groups in total. The maximum absolute atomic E-state index is 12.2. The highest BCUT2D eigenvalue weighted by molar-refractivity contribution is 7.86. The first-order valence-corrected chi connectivity index (χ1v) is 14.1. The molecule has 0 saturated heterocycles. The Balaban J connectivity index is 5.25. The number of carboxylic acids is 1. The van der Waals surface area contributed by atoms with Gasteiger partial charge in [-0.05, 0) is 30.6 Å². The van der Waals surface area contributed by atoms with E-state index >= 15 is 0 Å². The molecule has 0 aromatic rings. The Morgan fingerprint density at radius 2 is 1.72 bits per heavy atom. The summed E-state index contributed by atoms with van der Waals surface area (Å²) in [6.45, 7) is 15.3. The van der Waals surface area contributed by atoms with Crippen LogP contribution in [0.25, 0.3) is 0 Å². The van der Waals surface area contributed by atoms with E-state index in [1.807, 2.05) is 13.1 Å². The van der Waals surface area contributed by atoms with Crippen LogP contribution in [-0.4, -0.2) is 58.7 Å². The van der Waals surface area contributed by atoms with E-state index < -0.39 is 35.9 Å². The Bertz CT molecular complexity index is 694. The molecule has 0 aromatic carbocycles. The van der Waals surface area contributed by atoms with Crippen molar-refractivity contribution in [2.45, 2.75) is 72.2 Å². The summed E-state index contributed by atoms with van der Waals surface area (Å²) in [6.07, 6.45) is 2.08. The van der Waals surface area contributed by atoms with Gasteiger partial charge in [-0.25, -0.2) is 4.79 Å². The largest absolute Gasteiger partial charge is 0.478 e. The molecule has 29 heavy (non-hydrogen) atoms. The van der Waals surface area contributed by atoms with Crippen LogP contribution in [0.5, 0.6) is 0 Å². The van der Waals surface area contributed by atoms with Gasteiger partial charge in [-0.15, -0.1) is 0 Å². The van der Waals surface area contributed by atoms with Gasteiger partial charge in [-0.1, -0.05) is 34.6 Å². The van der Waals surface area contributed by atoms with E-state index in [2.05, 4.69) is 26.1 Å². The summed E-state index contributed by atoms with van der Waals surface area (Å²) >= 11 is 0. The van der Waals surface area contributed by atoms with E-state index in [0.29, 0.717) is 0 Å². The molecule has 0 spiro atoms. The Labute approximate surface area is 176 Å². The van der Waals surface area contributed by atoms with Crippen LogP contribution in [0.4, 0.5) is 0 Å². The molecule has 170 valence electrons. The lowest BCUT2D eigenvalue weighted by Gasteiger charge is -2.43. The summed E-state index contributed by atoms with van der Waals surface area (Å²) < 4.78 is 35.9. The second-order valence-electron chi connectivity index (χ2n) is 9.35. The number of nitrogens with one attached hydrogen (secondary N) is 1. The number of amides is 1. The van der Waals surface area contributed by atoms with Crippen molar-refractivity contribution in [2.24, 2.45) is 5.41 Å². The fourth-order valence-electron chi connectivity index (χ4n) is 2.02. The Kier molecular flexibility index (Phi) is 10.2. The molecule has 0 aromatic heterocycles. The predicted octanol–water partition coefficient (Wildman–Crippen LogP) is 2.92. The fourth-order valence-corrected chi connectivity index (χ4v) is 4.50. The topological polar surface area (TPSA) is 119 Å². The van der Waals surface area contributed by atoms with Crippen LogP contribution in [0.1, 0.15) is 48.0 Å². The molecule has 0 rings (SSSR count). The maximum Gasteiger partial charge on any atom is 0.328 e. The third-order valence-electron chi connectivity index (χ3n) is 4.97. The minimum atomic E-state index is -3.79. The van der Waals surface area contributed by atoms with E-state index in [4.69, 9.17) is 13.7 Å². The van der Waals surface area contributed by atoms with Gasteiger partial charge in [0.05, 0.1) is 18.5 Å². The highest BCUT2D eigenvalue weighted by atomic mass is 32.2. The number of carbonyl (C=O) groups excluding carboxylic acids is 1. The third-order valence-corrected chi connectivity index (χ3v) is 10.7. The third kappa shape index (κ3) is 10.9. The van der Waals surface area contributed by atoms with Gasteiger partial charge in [0.2, 0.25) is 5.91 Å². The lowest BCUT2D eigenvalue weighted by atomic mass is 9.87. The van der Waals surface area contributed by atoms with E-state index in [9.17, 15) is 18.0 Å². The van der Waals surface area contributed by atoms with Crippen LogP contribution in [0.15, 0.2) is 12.2 Å². The molecule has 0 bridgehead atoms. The van der Waals surface area contributed by atoms with Gasteiger partial charge in [0.25, 0.3) is 10.1 Å². The second-order valence-corrected chi connectivity index (χ2v) is 15.9. The van der Waals surface area contributed by atoms with Gasteiger partial charge in [-0.3, -0.25) is 8.98 Å². The van der Waals surface area contributed by atoms with Crippen molar-refractivity contribution in [3.63, 3.8) is 0 Å². The van der Waals surface area contributed by atoms with Gasteiger partial charge in [0.15, 0.2) is 8.32 Å². The molecule has 0 aliphatic heterocycles. The SMILES string of the molecule is CC(=O)NCCCS(=O)(=O)OCC(C)(C)[C@H](C=CC(=O)O)O[Si](C)(C)C(C)(C)C. The first kappa shape index (κ1) is 27.8. The molecule has 10 heteroatoms. The van der Waals surface area contributed by atoms with Crippen LogP contribution in [0.2, 0.25) is 18.1 Å². The highest BCUT2D eigenvalue weighted by Crippen LogP contribution is 2.40. The fraction of sp³-hybridized carbons (Fsp3) is 0.789. The van der Waals surface area contributed by atoms with Crippen molar-refractivity contribution in [1.29, 1.82) is 0 Å². The van der Waals surface area contributed by atoms with Gasteiger partial charge in [0, 0.05) is 25.0 Å². The summed E-state index contributed by atoms with van der Waals surface area (Å²) in [5.74, 6) is -1.54. The quantitative estimate of drug-likeness (QED) is 0.203. The van der Waals surface area contributed by atoms with E-state index in [1.165, 1.54) is 13.0 Å². The first-order chi connectivity index (χ1) is 12.9. The number of rotatable bonds is 12. The number of carboxylic acid groups (broad SMARTS) is 1. The summed E-state index contributed by atoms with van der Waals surface area (Å²) in [4.78, 5) is 21.9. The van der Waals surface area contributed by atoms with Crippen molar-refractivity contribution in [1.82, 2.24) is 5.32 Å². The zero-order valence-electron chi connectivity index (χ0n) is 18.9. The summed E-state index contributed by atoms with van der Waals surface area (Å²) in [6, 6.07) is 0. The maximum atomic E-state index is 12.2. The molecule has 0 aliphatic carbocycles. The number of aliphatic carboxylic acids is 1. The van der Waals surface area contributed by atoms with Crippen LogP contribution >= 0.6 is 0 Å². The predicted molar refractivity (Wildman–Crippen MR) is 116 cm³/mol. The zero-order valence-corrected chi connectivity index (χ0v) is 20.7. The van der Waals surface area contributed by atoms with E-state index in [0.717, 1.165) is 6.08 Å². The summed E-state index contributed by atoms with van der Waals surface area (Å²) in [7, 11) is -6.04. The highest BCUT2D eigenvalue weighted by Gasteiger charge is 2.42. The monoisotopic (exact) mass is 451 g/mol. The van der Waals surface area contributed by atoms with Crippen molar-refractivity contribution >= 4 is 30.3 Å². The first-order valence-electron chi connectivity index (χ1n) is 9.60. The number of carbonyl (C=O) groups is 2. The van der Waals surface area contributed by atoms with Crippen molar-refractivity contribution in [3.05, 3.63) is 12.2 Å². The Hall–Kier alpha value is -1.23. The molecule has 0 saturated carbocycles. The lowest BCUT2D eigenvalue weighted by Crippen LogP contribution is -2.48. The molecule has 0 radical (unpaired) electrons. The Morgan fingerprint density at radius 3 is 2.17 bits per heavy atom. The normalized spacial score (nSPS) is 14.8. The van der Waals surface area contributed by atoms with Gasteiger partial charge < -0.3 is 14.8 Å². The summed E-state index contributed by atoms with van der Waals surface area (Å²) in [5, 5.41) is 11.5. The van der Waals surface area contributed by atoms with Crippen LogP contribution in [-0.2, 0) is 28.3 Å². The molecule has 1 atom stereocenters. The number of hydrogen-bond acceptors (Lipinski definition) is 6. The van der Waals surface area contributed by atoms with E-state index in [-0.39, 0.29) is 36.3 Å². The molecular formula is C19H37NO7SSi. The zero-order chi connectivity index (χ0) is 23.1. The molecule has 0 heterocycles. The van der Waals surface area contributed by atoms with Gasteiger partial charge in [-0.2, -0.15) is 8.42 Å². The number of hydrogen-bond donors (Lipinski definition) is 2. The standard InChI is InChI=1S/C19H37NO7SSi/c1-15(21)20-12-9-13-28(24,25)26-14-19(5,6)16(10-11-17(22)23)27-29(7,8)18(2,3)4/h10-11,16H,9,12-14H2,1-8H3,(H,20,21)(H,22,23)/t16-/m0/s1. The average molecular weight is 452 g/mol. The van der Waals surface area contributed by atoms with Crippen LogP contribution in [0, 0.1) is 5.41 Å². The van der Waals surface area contributed by atoms with Gasteiger partial charge >= 0.3 is 5.97 Å². The van der Waals surface area contributed by atoms with E-state index in [1.54, 1.807) is 13.8 Å². The molecule has 0 unspecified atom stereocenters. The molecular weight excluding hydrogens is 414 g/mol. The minimum Gasteiger partial charge on any atom is -0.478 e. The van der Waals surface area contributed by atoms with Crippen LogP contribution < -0.4 is 5.32 Å². The second kappa shape index (κ2) is 10.7. The van der Waals surface area contributed by atoms with Crippen molar-refractivity contribution in [3.8, 4) is 0 Å². The molecule has 0 aliphatic rings. The molecule has 0 fully saturated rings. The minimum absolute atomic E-state index is 0.102. The molecule has 1 amide bonds. The van der Waals surface area contributed by atoms with Crippen molar-refractivity contribution in [2.75, 3.05) is 18.9 Å². The lowest BCUT2D eigenvalue weighted by molar-refractivity contribution is -0.131. The van der Waals surface area contributed by atoms with Crippen molar-refractivity contribution < 1.29 is 31.7 Å². The van der Waals surface area contributed by atoms with Crippen LogP contribution in [0.3, 0.4) is 0 Å². The Morgan fingerprint density at radius 1 is 1.17 bits per heavy atom. The van der Waals surface area contributed by atoms with Gasteiger partial charge in [0.1, 0.15) is 0 Å². The average Bonchev–Trinajstić information content (AvgIpc) is 2.52. The smallest absolute Gasteiger partial charge is 0.328 e. The summed E-state index contributed by atoms with van der Waals surface area (Å²) in [5.41, 5.74) is -0.786. The molecule has 8 nitrogen and oxygen atoms in total.